The third-order valence-electron chi connectivity index (χ3n) is 4.11. The summed E-state index contributed by atoms with van der Waals surface area (Å²) in [6, 6.07) is 0.417. The molecule has 106 valence electrons. The summed E-state index contributed by atoms with van der Waals surface area (Å²) < 4.78 is 0. The molecule has 0 saturated carbocycles. The molecule has 0 bridgehead atoms. The molecule has 1 amide bonds. The third-order valence-corrected chi connectivity index (χ3v) is 4.11. The van der Waals surface area contributed by atoms with E-state index in [4.69, 9.17) is 0 Å². The van der Waals surface area contributed by atoms with Crippen LogP contribution in [-0.4, -0.2) is 36.5 Å². The molecule has 0 aromatic carbocycles. The lowest BCUT2D eigenvalue weighted by Crippen LogP contribution is -2.46. The minimum absolute atomic E-state index is 0.315. The molecule has 0 aromatic heterocycles. The zero-order valence-electron chi connectivity index (χ0n) is 12.8. The lowest BCUT2D eigenvalue weighted by Gasteiger charge is -2.30. The monoisotopic (exact) mass is 254 g/mol. The number of nitrogens with zero attached hydrogens (tertiary/aromatic N) is 1. The molecule has 3 nitrogen and oxygen atoms in total. The molecular formula is C15H30N2O. The molecule has 1 aliphatic heterocycles. The fraction of sp³-hybridized carbons (Fsp3) is 0.933. The zero-order valence-corrected chi connectivity index (χ0v) is 12.8. The molecular weight excluding hydrogens is 224 g/mol. The maximum Gasteiger partial charge on any atom is 0.222 e. The van der Waals surface area contributed by atoms with Crippen molar-refractivity contribution in [1.29, 1.82) is 0 Å². The average molecular weight is 254 g/mol. The summed E-state index contributed by atoms with van der Waals surface area (Å²) in [6.07, 6.45) is 2.86. The van der Waals surface area contributed by atoms with E-state index >= 15 is 0 Å². The second kappa shape index (κ2) is 6.55. The zero-order chi connectivity index (χ0) is 13.8. The molecule has 1 aliphatic rings. The maximum absolute atomic E-state index is 12.2. The van der Waals surface area contributed by atoms with E-state index in [0.717, 1.165) is 32.5 Å². The highest BCUT2D eigenvalue weighted by Crippen LogP contribution is 2.30. The summed E-state index contributed by atoms with van der Waals surface area (Å²) in [5.74, 6) is 0.901. The van der Waals surface area contributed by atoms with Crippen LogP contribution >= 0.6 is 0 Å². The summed E-state index contributed by atoms with van der Waals surface area (Å²) in [7, 11) is 0. The highest BCUT2D eigenvalue weighted by atomic mass is 16.2. The Morgan fingerprint density at radius 2 is 2.00 bits per heavy atom. The van der Waals surface area contributed by atoms with E-state index in [-0.39, 0.29) is 0 Å². The van der Waals surface area contributed by atoms with E-state index in [1.165, 1.54) is 0 Å². The Labute approximate surface area is 112 Å². The summed E-state index contributed by atoms with van der Waals surface area (Å²) in [6.45, 7) is 13.9. The van der Waals surface area contributed by atoms with Crippen molar-refractivity contribution in [2.24, 2.45) is 11.3 Å². The Balaban J connectivity index is 2.61. The number of nitrogens with one attached hydrogen (secondary N) is 1. The van der Waals surface area contributed by atoms with E-state index in [9.17, 15) is 4.79 Å². The predicted octanol–water partition coefficient (Wildman–Crippen LogP) is 2.66. The smallest absolute Gasteiger partial charge is 0.222 e. The van der Waals surface area contributed by atoms with Crippen LogP contribution in [0.5, 0.6) is 0 Å². The van der Waals surface area contributed by atoms with Crippen molar-refractivity contribution in [2.75, 3.05) is 19.6 Å². The standard InChI is InChI=1S/C15H30N2O/c1-6-16-13(12(2)3)11-17-10-9-15(4,5)8-7-14(17)18/h12-13,16H,6-11H2,1-5H3. The molecule has 1 fully saturated rings. The van der Waals surface area contributed by atoms with Gasteiger partial charge in [-0.15, -0.1) is 0 Å². The van der Waals surface area contributed by atoms with Gasteiger partial charge in [0.1, 0.15) is 0 Å². The van der Waals surface area contributed by atoms with Crippen molar-refractivity contribution in [2.45, 2.75) is 59.9 Å². The average Bonchev–Trinajstić information content (AvgIpc) is 2.41. The Morgan fingerprint density at radius 3 is 2.56 bits per heavy atom. The molecule has 0 spiro atoms. The van der Waals surface area contributed by atoms with E-state index < -0.39 is 0 Å². The second-order valence-corrected chi connectivity index (χ2v) is 6.66. The summed E-state index contributed by atoms with van der Waals surface area (Å²) in [4.78, 5) is 14.2. The van der Waals surface area contributed by atoms with Crippen molar-refractivity contribution in [3.8, 4) is 0 Å². The van der Waals surface area contributed by atoms with Gasteiger partial charge in [0, 0.05) is 25.6 Å². The van der Waals surface area contributed by atoms with Crippen LogP contribution in [0.2, 0.25) is 0 Å². The normalized spacial score (nSPS) is 22.1. The Morgan fingerprint density at radius 1 is 1.33 bits per heavy atom. The lowest BCUT2D eigenvalue weighted by molar-refractivity contribution is -0.131. The molecule has 0 aromatic rings. The van der Waals surface area contributed by atoms with Crippen LogP contribution in [0, 0.1) is 11.3 Å². The first-order valence-corrected chi connectivity index (χ1v) is 7.37. The van der Waals surface area contributed by atoms with Gasteiger partial charge in [-0.1, -0.05) is 34.6 Å². The van der Waals surface area contributed by atoms with Crippen molar-refractivity contribution >= 4 is 5.91 Å². The number of hydrogen-bond acceptors (Lipinski definition) is 2. The number of carbonyl (C=O) groups excluding carboxylic acids is 1. The van der Waals surface area contributed by atoms with Gasteiger partial charge in [-0.05, 0) is 30.7 Å². The van der Waals surface area contributed by atoms with Crippen LogP contribution in [0.15, 0.2) is 0 Å². The van der Waals surface area contributed by atoms with Crippen LogP contribution in [0.4, 0.5) is 0 Å². The molecule has 1 N–H and O–H groups in total. The lowest BCUT2D eigenvalue weighted by atomic mass is 9.85. The topological polar surface area (TPSA) is 32.3 Å². The van der Waals surface area contributed by atoms with Crippen LogP contribution in [0.25, 0.3) is 0 Å². The Hall–Kier alpha value is -0.570. The molecule has 1 atom stereocenters. The maximum atomic E-state index is 12.2. The van der Waals surface area contributed by atoms with Crippen molar-refractivity contribution < 1.29 is 4.79 Å². The van der Waals surface area contributed by atoms with Crippen LogP contribution < -0.4 is 5.32 Å². The van der Waals surface area contributed by atoms with E-state index in [0.29, 0.717) is 29.7 Å². The van der Waals surface area contributed by atoms with Crippen LogP contribution in [-0.2, 0) is 4.79 Å². The summed E-state index contributed by atoms with van der Waals surface area (Å²) >= 11 is 0. The van der Waals surface area contributed by atoms with Crippen molar-refractivity contribution in [3.05, 3.63) is 0 Å². The molecule has 1 saturated heterocycles. The molecule has 1 heterocycles. The third kappa shape index (κ3) is 4.60. The number of rotatable bonds is 5. The molecule has 0 radical (unpaired) electrons. The van der Waals surface area contributed by atoms with Gasteiger partial charge >= 0.3 is 0 Å². The first-order chi connectivity index (χ1) is 8.35. The number of hydrogen-bond donors (Lipinski definition) is 1. The van der Waals surface area contributed by atoms with Crippen molar-refractivity contribution in [3.63, 3.8) is 0 Å². The minimum Gasteiger partial charge on any atom is -0.341 e. The van der Waals surface area contributed by atoms with Gasteiger partial charge in [0.05, 0.1) is 0 Å². The molecule has 3 heteroatoms. The summed E-state index contributed by atoms with van der Waals surface area (Å²) in [5.41, 5.74) is 0.315. The quantitative estimate of drug-likeness (QED) is 0.818. The number of amides is 1. The van der Waals surface area contributed by atoms with Gasteiger partial charge in [-0.25, -0.2) is 0 Å². The van der Waals surface area contributed by atoms with Gasteiger partial charge in [0.25, 0.3) is 0 Å². The number of likely N-dealkylation sites (N-methyl/N-ethyl adjacent to an activating group) is 1. The van der Waals surface area contributed by atoms with Gasteiger partial charge < -0.3 is 10.2 Å². The SMILES string of the molecule is CCNC(CN1CCC(C)(C)CCC1=O)C(C)C. The van der Waals surface area contributed by atoms with Gasteiger partial charge in [-0.3, -0.25) is 4.79 Å². The highest BCUT2D eigenvalue weighted by molar-refractivity contribution is 5.76. The number of carbonyl (C=O) groups is 1. The highest BCUT2D eigenvalue weighted by Gasteiger charge is 2.28. The Kier molecular flexibility index (Phi) is 5.64. The Bertz CT molecular complexity index is 274. The van der Waals surface area contributed by atoms with Gasteiger partial charge in [0.2, 0.25) is 5.91 Å². The first kappa shape index (κ1) is 15.5. The van der Waals surface area contributed by atoms with Crippen molar-refractivity contribution in [1.82, 2.24) is 10.2 Å². The molecule has 0 aliphatic carbocycles. The van der Waals surface area contributed by atoms with Gasteiger partial charge in [0.15, 0.2) is 0 Å². The fourth-order valence-corrected chi connectivity index (χ4v) is 2.49. The van der Waals surface area contributed by atoms with E-state index in [1.807, 2.05) is 0 Å². The van der Waals surface area contributed by atoms with Crippen LogP contribution in [0.3, 0.4) is 0 Å². The van der Waals surface area contributed by atoms with E-state index in [1.54, 1.807) is 0 Å². The second-order valence-electron chi connectivity index (χ2n) is 6.66. The molecule has 1 unspecified atom stereocenters. The van der Waals surface area contributed by atoms with E-state index in [2.05, 4.69) is 44.8 Å². The number of likely N-dealkylation sites (tertiary alicyclic amines) is 1. The fourth-order valence-electron chi connectivity index (χ4n) is 2.49. The largest absolute Gasteiger partial charge is 0.341 e. The summed E-state index contributed by atoms with van der Waals surface area (Å²) in [5, 5.41) is 3.50. The molecule has 18 heavy (non-hydrogen) atoms. The van der Waals surface area contributed by atoms with Crippen LogP contribution in [0.1, 0.15) is 53.9 Å². The minimum atomic E-state index is 0.315. The van der Waals surface area contributed by atoms with Gasteiger partial charge in [-0.2, -0.15) is 0 Å². The first-order valence-electron chi connectivity index (χ1n) is 7.37. The molecule has 1 rings (SSSR count). The predicted molar refractivity (Wildman–Crippen MR) is 76.5 cm³/mol.